The molecule has 0 aliphatic rings. The Bertz CT molecular complexity index is 496. The van der Waals surface area contributed by atoms with Gasteiger partial charge in [0, 0.05) is 13.7 Å². The number of nitrogens with zero attached hydrogens (tertiary/aromatic N) is 2. The van der Waals surface area contributed by atoms with Crippen LogP contribution in [-0.2, 0) is 22.6 Å². The largest absolute Gasteiger partial charge is 0.382 e. The lowest BCUT2D eigenvalue weighted by Gasteiger charge is -2.08. The second kappa shape index (κ2) is 6.49. The lowest BCUT2D eigenvalue weighted by atomic mass is 10.3. The summed E-state index contributed by atoms with van der Waals surface area (Å²) in [6, 6.07) is 8.04. The molecule has 5 nitrogen and oxygen atoms in total. The van der Waals surface area contributed by atoms with E-state index in [2.05, 4.69) is 15.6 Å². The number of hydrogen-bond acceptors (Lipinski definition) is 4. The first-order valence-electron chi connectivity index (χ1n) is 6.07. The number of imidazole rings is 1. The number of nitrogens with two attached hydrogens (primary N) is 1. The summed E-state index contributed by atoms with van der Waals surface area (Å²) < 4.78 is 12.5. The Hall–Kier alpha value is -1.43. The lowest BCUT2D eigenvalue weighted by Crippen LogP contribution is -2.13. The number of rotatable bonds is 7. The summed E-state index contributed by atoms with van der Waals surface area (Å²) in [6.45, 7) is 3.07. The molecule has 2 N–H and O–H groups in total. The third-order valence-corrected chi connectivity index (χ3v) is 2.81. The zero-order chi connectivity index (χ0) is 12.8. The van der Waals surface area contributed by atoms with E-state index in [1.165, 1.54) is 0 Å². The molecule has 98 valence electrons. The first-order chi connectivity index (χ1) is 8.86. The van der Waals surface area contributed by atoms with Crippen LogP contribution in [0.2, 0.25) is 0 Å². The topological polar surface area (TPSA) is 62.3 Å². The number of aromatic nitrogens is 2. The quantitative estimate of drug-likeness (QED) is 0.748. The van der Waals surface area contributed by atoms with Gasteiger partial charge in [-0.15, -0.1) is 0 Å². The van der Waals surface area contributed by atoms with Gasteiger partial charge in [-0.2, -0.15) is 0 Å². The molecule has 0 spiro atoms. The van der Waals surface area contributed by atoms with Crippen molar-refractivity contribution in [2.75, 3.05) is 26.9 Å². The van der Waals surface area contributed by atoms with E-state index >= 15 is 0 Å². The van der Waals surface area contributed by atoms with Crippen molar-refractivity contribution in [2.45, 2.75) is 13.1 Å². The molecule has 0 saturated heterocycles. The highest BCUT2D eigenvalue weighted by Crippen LogP contribution is 2.15. The predicted octanol–water partition coefficient (Wildman–Crippen LogP) is 1.16. The Balaban J connectivity index is 2.06. The first-order valence-corrected chi connectivity index (χ1v) is 6.07. The number of benzene rings is 1. The van der Waals surface area contributed by atoms with Crippen molar-refractivity contribution in [3.05, 3.63) is 30.1 Å². The van der Waals surface area contributed by atoms with Crippen LogP contribution in [0.1, 0.15) is 5.82 Å². The monoisotopic (exact) mass is 249 g/mol. The fourth-order valence-electron chi connectivity index (χ4n) is 1.93. The van der Waals surface area contributed by atoms with Crippen LogP contribution in [0, 0.1) is 0 Å². The summed E-state index contributed by atoms with van der Waals surface area (Å²) in [4.78, 5) is 4.50. The molecule has 0 bridgehead atoms. The Kier molecular flexibility index (Phi) is 4.69. The van der Waals surface area contributed by atoms with Crippen molar-refractivity contribution < 1.29 is 9.47 Å². The highest BCUT2D eigenvalue weighted by atomic mass is 16.5. The normalized spacial score (nSPS) is 11.2. The van der Waals surface area contributed by atoms with Crippen LogP contribution in [0.15, 0.2) is 24.3 Å². The average molecular weight is 249 g/mol. The minimum absolute atomic E-state index is 0.437. The van der Waals surface area contributed by atoms with Crippen molar-refractivity contribution >= 4 is 11.0 Å². The maximum Gasteiger partial charge on any atom is 0.123 e. The molecule has 0 atom stereocenters. The summed E-state index contributed by atoms with van der Waals surface area (Å²) in [5.41, 5.74) is 7.81. The van der Waals surface area contributed by atoms with Crippen LogP contribution in [-0.4, -0.2) is 36.5 Å². The van der Waals surface area contributed by atoms with E-state index in [1.807, 2.05) is 18.2 Å². The van der Waals surface area contributed by atoms with Gasteiger partial charge in [0.25, 0.3) is 0 Å². The van der Waals surface area contributed by atoms with E-state index in [0.717, 1.165) is 23.4 Å². The van der Waals surface area contributed by atoms with E-state index in [9.17, 15) is 0 Å². The fraction of sp³-hybridized carbons (Fsp3) is 0.462. The summed E-state index contributed by atoms with van der Waals surface area (Å²) in [6.07, 6.45) is 0. The molecule has 18 heavy (non-hydrogen) atoms. The maximum atomic E-state index is 5.72. The Morgan fingerprint density at radius 3 is 2.83 bits per heavy atom. The van der Waals surface area contributed by atoms with Crippen LogP contribution < -0.4 is 5.73 Å². The molecule has 0 radical (unpaired) electrons. The highest BCUT2D eigenvalue weighted by Gasteiger charge is 2.08. The molecule has 1 heterocycles. The molecule has 0 aliphatic carbocycles. The minimum atomic E-state index is 0.437. The third kappa shape index (κ3) is 2.87. The molecule has 2 aromatic rings. The van der Waals surface area contributed by atoms with E-state index in [0.29, 0.717) is 26.4 Å². The van der Waals surface area contributed by atoms with Gasteiger partial charge in [-0.1, -0.05) is 12.1 Å². The molecule has 0 saturated carbocycles. The SMILES string of the molecule is COCCOCCn1c(CN)nc2ccccc21. The van der Waals surface area contributed by atoms with E-state index in [4.69, 9.17) is 15.2 Å². The smallest absolute Gasteiger partial charge is 0.123 e. The van der Waals surface area contributed by atoms with Crippen LogP contribution >= 0.6 is 0 Å². The summed E-state index contributed by atoms with van der Waals surface area (Å²) in [7, 11) is 1.67. The van der Waals surface area contributed by atoms with Crippen LogP contribution in [0.25, 0.3) is 11.0 Å². The maximum absolute atomic E-state index is 5.72. The van der Waals surface area contributed by atoms with Crippen LogP contribution in [0.4, 0.5) is 0 Å². The van der Waals surface area contributed by atoms with Crippen LogP contribution in [0.3, 0.4) is 0 Å². The summed E-state index contributed by atoms with van der Waals surface area (Å²) in [5, 5.41) is 0. The van der Waals surface area contributed by atoms with Gasteiger partial charge < -0.3 is 19.8 Å². The fourth-order valence-corrected chi connectivity index (χ4v) is 1.93. The van der Waals surface area contributed by atoms with Crippen molar-refractivity contribution in [1.82, 2.24) is 9.55 Å². The van der Waals surface area contributed by atoms with Gasteiger partial charge in [-0.25, -0.2) is 4.98 Å². The number of methoxy groups -OCH3 is 1. The molecule has 0 aliphatic heterocycles. The second-order valence-electron chi connectivity index (χ2n) is 3.98. The van der Waals surface area contributed by atoms with Crippen LogP contribution in [0.5, 0.6) is 0 Å². The van der Waals surface area contributed by atoms with Gasteiger partial charge in [-0.3, -0.25) is 0 Å². The van der Waals surface area contributed by atoms with E-state index < -0.39 is 0 Å². The molecule has 0 unspecified atom stereocenters. The van der Waals surface area contributed by atoms with Crippen molar-refractivity contribution in [3.8, 4) is 0 Å². The standard InChI is InChI=1S/C13H19N3O2/c1-17-8-9-18-7-6-16-12-5-3-2-4-11(12)15-13(16)10-14/h2-5H,6-10,14H2,1H3. The number of para-hydroxylation sites is 2. The molecular formula is C13H19N3O2. The van der Waals surface area contributed by atoms with E-state index in [-0.39, 0.29) is 0 Å². The Labute approximate surface area is 107 Å². The zero-order valence-corrected chi connectivity index (χ0v) is 10.6. The predicted molar refractivity (Wildman–Crippen MR) is 70.3 cm³/mol. The highest BCUT2D eigenvalue weighted by molar-refractivity contribution is 5.75. The first kappa shape index (κ1) is 13.0. The van der Waals surface area contributed by atoms with Gasteiger partial charge in [0.05, 0.1) is 37.4 Å². The molecule has 1 aromatic heterocycles. The average Bonchev–Trinajstić information content (AvgIpc) is 2.77. The van der Waals surface area contributed by atoms with Gasteiger partial charge in [0.15, 0.2) is 0 Å². The second-order valence-corrected chi connectivity index (χ2v) is 3.98. The van der Waals surface area contributed by atoms with Crippen molar-refractivity contribution in [1.29, 1.82) is 0 Å². The Morgan fingerprint density at radius 2 is 2.06 bits per heavy atom. The van der Waals surface area contributed by atoms with Gasteiger partial charge in [0.2, 0.25) is 0 Å². The Morgan fingerprint density at radius 1 is 1.22 bits per heavy atom. The van der Waals surface area contributed by atoms with Crippen molar-refractivity contribution in [3.63, 3.8) is 0 Å². The van der Waals surface area contributed by atoms with Gasteiger partial charge in [-0.05, 0) is 12.1 Å². The summed E-state index contributed by atoms with van der Waals surface area (Å²) >= 11 is 0. The minimum Gasteiger partial charge on any atom is -0.382 e. The molecule has 0 fully saturated rings. The molecule has 2 rings (SSSR count). The molecular weight excluding hydrogens is 230 g/mol. The number of fused-ring (bicyclic) bond motifs is 1. The van der Waals surface area contributed by atoms with Gasteiger partial charge >= 0.3 is 0 Å². The number of ether oxygens (including phenoxy) is 2. The molecule has 5 heteroatoms. The number of hydrogen-bond donors (Lipinski definition) is 1. The molecule has 0 amide bonds. The van der Waals surface area contributed by atoms with Gasteiger partial charge in [0.1, 0.15) is 5.82 Å². The lowest BCUT2D eigenvalue weighted by molar-refractivity contribution is 0.0667. The van der Waals surface area contributed by atoms with E-state index in [1.54, 1.807) is 7.11 Å². The van der Waals surface area contributed by atoms with Crippen molar-refractivity contribution in [2.24, 2.45) is 5.73 Å². The molecule has 1 aromatic carbocycles. The third-order valence-electron chi connectivity index (χ3n) is 2.81. The zero-order valence-electron chi connectivity index (χ0n) is 10.6. The summed E-state index contributed by atoms with van der Waals surface area (Å²) in [5.74, 6) is 0.895.